The van der Waals surface area contributed by atoms with E-state index >= 15 is 0 Å². The Kier molecular flexibility index (Phi) is 5.37. The second-order valence-electron chi connectivity index (χ2n) is 5.61. The topological polar surface area (TPSA) is 83.6 Å². The molecule has 0 aliphatic carbocycles. The number of nitrogens with zero attached hydrogens (tertiary/aromatic N) is 3. The van der Waals surface area contributed by atoms with Crippen molar-refractivity contribution in [3.05, 3.63) is 39.4 Å². The number of hydrogen-bond acceptors (Lipinski definition) is 7. The van der Waals surface area contributed by atoms with Crippen molar-refractivity contribution in [1.82, 2.24) is 20.2 Å². The number of aromatic nitrogens is 4. The lowest BCUT2D eigenvalue weighted by Crippen LogP contribution is -2.11. The molecule has 9 heteroatoms. The number of thioether (sulfide) groups is 1. The van der Waals surface area contributed by atoms with Gasteiger partial charge in [0.25, 0.3) is 5.56 Å². The fourth-order valence-electron chi connectivity index (χ4n) is 1.99. The van der Waals surface area contributed by atoms with Gasteiger partial charge in [0.2, 0.25) is 5.13 Å². The molecule has 0 saturated heterocycles. The Hall–Kier alpha value is -1.64. The van der Waals surface area contributed by atoms with Crippen LogP contribution in [0.5, 0.6) is 0 Å². The number of anilines is 1. The molecule has 2 aromatic heterocycles. The van der Waals surface area contributed by atoms with E-state index in [4.69, 9.17) is 11.6 Å². The van der Waals surface area contributed by atoms with Crippen molar-refractivity contribution in [3.8, 4) is 0 Å². The zero-order valence-electron chi connectivity index (χ0n) is 13.2. The van der Waals surface area contributed by atoms with Crippen molar-refractivity contribution >= 4 is 50.7 Å². The Morgan fingerprint density at radius 3 is 3.00 bits per heavy atom. The quantitative estimate of drug-likeness (QED) is 0.632. The fraction of sp³-hybridized carbons (Fsp3) is 0.333. The first-order valence-electron chi connectivity index (χ1n) is 7.40. The maximum atomic E-state index is 12.1. The van der Waals surface area contributed by atoms with Crippen LogP contribution in [0.15, 0.2) is 27.3 Å². The minimum atomic E-state index is -0.186. The highest BCUT2D eigenvalue weighted by Gasteiger charge is 2.08. The predicted octanol–water partition coefficient (Wildman–Crippen LogP) is 3.79. The molecule has 0 saturated carbocycles. The Labute approximate surface area is 152 Å². The van der Waals surface area contributed by atoms with Gasteiger partial charge in [-0.15, -0.1) is 10.2 Å². The van der Waals surface area contributed by atoms with E-state index in [1.807, 2.05) is 0 Å². The molecule has 0 unspecified atom stereocenters. The van der Waals surface area contributed by atoms with Crippen LogP contribution in [-0.2, 0) is 5.75 Å². The number of aromatic amines is 1. The van der Waals surface area contributed by atoms with E-state index in [9.17, 15) is 4.79 Å². The first kappa shape index (κ1) is 17.2. The average Bonchev–Trinajstić information content (AvgIpc) is 3.00. The van der Waals surface area contributed by atoms with Crippen LogP contribution in [0, 0.1) is 5.92 Å². The molecule has 2 heterocycles. The number of H-pyrrole nitrogens is 1. The third kappa shape index (κ3) is 4.25. The smallest absolute Gasteiger partial charge is 0.258 e. The number of hydrogen-bond donors (Lipinski definition) is 2. The summed E-state index contributed by atoms with van der Waals surface area (Å²) in [6, 6.07) is 5.10. The lowest BCUT2D eigenvalue weighted by Gasteiger charge is -2.03. The highest BCUT2D eigenvalue weighted by Crippen LogP contribution is 2.27. The summed E-state index contributed by atoms with van der Waals surface area (Å²) in [5.74, 6) is 1.67. The molecule has 0 aliphatic rings. The standard InChI is InChI=1S/C15H16ClN5OS2/c1-8(2)6-17-14-20-21-15(24-14)23-7-12-18-11-4-3-9(16)5-10(11)13(22)19-12/h3-5,8H,6-7H2,1-2H3,(H,17,20)(H,18,19,22). The number of rotatable bonds is 6. The summed E-state index contributed by atoms with van der Waals surface area (Å²) in [5, 5.41) is 13.3. The van der Waals surface area contributed by atoms with Crippen LogP contribution in [0.2, 0.25) is 5.02 Å². The highest BCUT2D eigenvalue weighted by atomic mass is 35.5. The monoisotopic (exact) mass is 381 g/mol. The molecule has 126 valence electrons. The number of halogens is 1. The number of benzene rings is 1. The highest BCUT2D eigenvalue weighted by molar-refractivity contribution is 8.00. The second kappa shape index (κ2) is 7.50. The lowest BCUT2D eigenvalue weighted by atomic mass is 10.2. The molecule has 0 fully saturated rings. The van der Waals surface area contributed by atoms with Gasteiger partial charge in [-0.3, -0.25) is 4.79 Å². The summed E-state index contributed by atoms with van der Waals surface area (Å²) in [5.41, 5.74) is 0.449. The fourth-order valence-corrected chi connectivity index (χ4v) is 3.79. The second-order valence-corrected chi connectivity index (χ2v) is 8.25. The molecule has 0 bridgehead atoms. The summed E-state index contributed by atoms with van der Waals surface area (Å²) in [4.78, 5) is 19.4. The van der Waals surface area contributed by atoms with E-state index in [0.717, 1.165) is 16.0 Å². The van der Waals surface area contributed by atoms with E-state index < -0.39 is 0 Å². The summed E-state index contributed by atoms with van der Waals surface area (Å²) < 4.78 is 0.833. The maximum absolute atomic E-state index is 12.1. The molecule has 6 nitrogen and oxygen atoms in total. The normalized spacial score (nSPS) is 11.3. The van der Waals surface area contributed by atoms with E-state index in [-0.39, 0.29) is 5.56 Å². The predicted molar refractivity (Wildman–Crippen MR) is 100 cm³/mol. The zero-order chi connectivity index (χ0) is 17.1. The summed E-state index contributed by atoms with van der Waals surface area (Å²) in [6.45, 7) is 5.14. The SMILES string of the molecule is CC(C)CNc1nnc(SCc2nc3ccc(Cl)cc3c(=O)[nH]2)s1. The first-order valence-corrected chi connectivity index (χ1v) is 9.58. The molecule has 0 atom stereocenters. The average molecular weight is 382 g/mol. The Balaban J connectivity index is 1.69. The van der Waals surface area contributed by atoms with E-state index in [2.05, 4.69) is 39.3 Å². The molecule has 3 rings (SSSR count). The van der Waals surface area contributed by atoms with Crippen LogP contribution in [0.1, 0.15) is 19.7 Å². The third-order valence-corrected chi connectivity index (χ3v) is 5.38. The van der Waals surface area contributed by atoms with E-state index in [1.165, 1.54) is 23.1 Å². The van der Waals surface area contributed by atoms with Crippen molar-refractivity contribution in [1.29, 1.82) is 0 Å². The molecule has 2 N–H and O–H groups in total. The summed E-state index contributed by atoms with van der Waals surface area (Å²) in [7, 11) is 0. The Morgan fingerprint density at radius 1 is 1.38 bits per heavy atom. The first-order chi connectivity index (χ1) is 11.5. The van der Waals surface area contributed by atoms with Crippen molar-refractivity contribution in [3.63, 3.8) is 0 Å². The molecule has 24 heavy (non-hydrogen) atoms. The minimum absolute atomic E-state index is 0.186. The van der Waals surface area contributed by atoms with Crippen LogP contribution < -0.4 is 10.9 Å². The third-order valence-electron chi connectivity index (χ3n) is 3.12. The van der Waals surface area contributed by atoms with Gasteiger partial charge in [0.05, 0.1) is 16.7 Å². The van der Waals surface area contributed by atoms with Crippen molar-refractivity contribution in [2.24, 2.45) is 5.92 Å². The maximum Gasteiger partial charge on any atom is 0.258 e. The van der Waals surface area contributed by atoms with Gasteiger partial charge < -0.3 is 10.3 Å². The molecular weight excluding hydrogens is 366 g/mol. The van der Waals surface area contributed by atoms with Gasteiger partial charge in [-0.1, -0.05) is 48.5 Å². The molecule has 0 aliphatic heterocycles. The van der Waals surface area contributed by atoms with Crippen LogP contribution in [0.4, 0.5) is 5.13 Å². The number of fused-ring (bicyclic) bond motifs is 1. The van der Waals surface area contributed by atoms with Gasteiger partial charge in [-0.05, 0) is 24.1 Å². The van der Waals surface area contributed by atoms with Crippen molar-refractivity contribution < 1.29 is 0 Å². The lowest BCUT2D eigenvalue weighted by molar-refractivity contribution is 0.687. The summed E-state index contributed by atoms with van der Waals surface area (Å²) >= 11 is 8.91. The minimum Gasteiger partial charge on any atom is -0.360 e. The molecule has 0 radical (unpaired) electrons. The molecule has 0 amide bonds. The van der Waals surface area contributed by atoms with Gasteiger partial charge in [0.15, 0.2) is 4.34 Å². The van der Waals surface area contributed by atoms with Gasteiger partial charge in [-0.2, -0.15) is 0 Å². The van der Waals surface area contributed by atoms with Crippen LogP contribution >= 0.6 is 34.7 Å². The summed E-state index contributed by atoms with van der Waals surface area (Å²) in [6.07, 6.45) is 0. The van der Waals surface area contributed by atoms with Crippen molar-refractivity contribution in [2.75, 3.05) is 11.9 Å². The largest absolute Gasteiger partial charge is 0.360 e. The molecule has 1 aromatic carbocycles. The Morgan fingerprint density at radius 2 is 2.21 bits per heavy atom. The van der Waals surface area contributed by atoms with Gasteiger partial charge >= 0.3 is 0 Å². The van der Waals surface area contributed by atoms with Gasteiger partial charge in [0.1, 0.15) is 5.82 Å². The van der Waals surface area contributed by atoms with Crippen LogP contribution in [0.3, 0.4) is 0 Å². The molecule has 0 spiro atoms. The van der Waals surface area contributed by atoms with E-state index in [0.29, 0.717) is 33.4 Å². The number of nitrogens with one attached hydrogen (secondary N) is 2. The zero-order valence-corrected chi connectivity index (χ0v) is 15.6. The molecule has 3 aromatic rings. The Bertz CT molecular complexity index is 908. The van der Waals surface area contributed by atoms with E-state index in [1.54, 1.807) is 18.2 Å². The van der Waals surface area contributed by atoms with Gasteiger partial charge in [-0.25, -0.2) is 4.98 Å². The molecular formula is C15H16ClN5OS2. The van der Waals surface area contributed by atoms with Crippen LogP contribution in [-0.4, -0.2) is 26.7 Å². The van der Waals surface area contributed by atoms with Gasteiger partial charge in [0, 0.05) is 11.6 Å². The van der Waals surface area contributed by atoms with Crippen molar-refractivity contribution in [2.45, 2.75) is 23.9 Å². The van der Waals surface area contributed by atoms with Crippen LogP contribution in [0.25, 0.3) is 10.9 Å².